The molecule has 0 bridgehead atoms. The molecule has 6 heteroatoms. The van der Waals surface area contributed by atoms with E-state index in [0.717, 1.165) is 0 Å². The van der Waals surface area contributed by atoms with Gasteiger partial charge in [0.1, 0.15) is 5.82 Å². The Labute approximate surface area is 145 Å². The number of aliphatic hydroxyl groups is 1. The topological polar surface area (TPSA) is 86.6 Å². The molecule has 0 fully saturated rings. The fraction of sp³-hybridized carbons (Fsp3) is 0.263. The molecule has 0 aromatic heterocycles. The second-order valence-corrected chi connectivity index (χ2v) is 6.23. The third-order valence-electron chi connectivity index (χ3n) is 3.76. The van der Waals surface area contributed by atoms with E-state index in [1.165, 1.54) is 6.07 Å². The highest BCUT2D eigenvalue weighted by atomic mass is 19.1. The third kappa shape index (κ3) is 4.87. The second kappa shape index (κ2) is 7.44. The molecule has 0 unspecified atom stereocenters. The first kappa shape index (κ1) is 18.6. The van der Waals surface area contributed by atoms with Crippen molar-refractivity contribution in [3.8, 4) is 11.1 Å². The number of carbonyl (C=O) groups excluding carboxylic acids is 1. The summed E-state index contributed by atoms with van der Waals surface area (Å²) in [6, 6.07) is 10.9. The molecule has 0 aliphatic heterocycles. The van der Waals surface area contributed by atoms with Crippen LogP contribution in [0.1, 0.15) is 36.2 Å². The highest BCUT2D eigenvalue weighted by molar-refractivity contribution is 5.94. The maximum atomic E-state index is 14.3. The first-order chi connectivity index (χ1) is 11.7. The van der Waals surface area contributed by atoms with Gasteiger partial charge in [-0.25, -0.2) is 4.39 Å². The van der Waals surface area contributed by atoms with Gasteiger partial charge in [0.2, 0.25) is 0 Å². The van der Waals surface area contributed by atoms with Crippen LogP contribution in [-0.2, 0) is 10.4 Å². The van der Waals surface area contributed by atoms with Crippen molar-refractivity contribution in [1.82, 2.24) is 5.32 Å². The van der Waals surface area contributed by atoms with Gasteiger partial charge >= 0.3 is 5.97 Å². The van der Waals surface area contributed by atoms with Crippen LogP contribution < -0.4 is 5.32 Å². The van der Waals surface area contributed by atoms with E-state index in [1.807, 2.05) is 0 Å². The quantitative estimate of drug-likeness (QED) is 0.751. The molecule has 0 aliphatic carbocycles. The van der Waals surface area contributed by atoms with Crippen LogP contribution in [0.25, 0.3) is 11.1 Å². The second-order valence-electron chi connectivity index (χ2n) is 6.23. The number of hydrogen-bond acceptors (Lipinski definition) is 3. The Morgan fingerprint density at radius 1 is 1.12 bits per heavy atom. The average Bonchev–Trinajstić information content (AvgIpc) is 2.53. The van der Waals surface area contributed by atoms with Gasteiger partial charge in [0.15, 0.2) is 0 Å². The standard InChI is InChI=1S/C19H20FNO4/c1-19(2,25)14-7-8-15(16(20)11-14)12-3-5-13(6-4-12)18(24)21-10-9-17(22)23/h3-8,11,25H,9-10H2,1-2H3,(H,21,24)(H,22,23). The minimum atomic E-state index is -1.13. The zero-order valence-corrected chi connectivity index (χ0v) is 14.0. The maximum absolute atomic E-state index is 14.3. The van der Waals surface area contributed by atoms with E-state index >= 15 is 0 Å². The summed E-state index contributed by atoms with van der Waals surface area (Å²) in [6.45, 7) is 3.21. The fourth-order valence-electron chi connectivity index (χ4n) is 2.32. The summed E-state index contributed by atoms with van der Waals surface area (Å²) in [5.41, 5.74) is 0.677. The molecular weight excluding hydrogens is 325 g/mol. The van der Waals surface area contributed by atoms with Gasteiger partial charge in [0.25, 0.3) is 5.91 Å². The predicted octanol–water partition coefficient (Wildman–Crippen LogP) is 2.92. The molecule has 0 aliphatic rings. The van der Waals surface area contributed by atoms with Crippen LogP contribution in [0, 0.1) is 5.82 Å². The van der Waals surface area contributed by atoms with Gasteiger partial charge < -0.3 is 15.5 Å². The normalized spacial score (nSPS) is 11.2. The van der Waals surface area contributed by atoms with Crippen molar-refractivity contribution in [3.63, 3.8) is 0 Å². The molecular formula is C19H20FNO4. The van der Waals surface area contributed by atoms with E-state index in [0.29, 0.717) is 22.3 Å². The van der Waals surface area contributed by atoms with E-state index in [-0.39, 0.29) is 18.9 Å². The van der Waals surface area contributed by atoms with E-state index in [9.17, 15) is 19.1 Å². The van der Waals surface area contributed by atoms with E-state index in [2.05, 4.69) is 5.32 Å². The fourth-order valence-corrected chi connectivity index (χ4v) is 2.32. The number of rotatable bonds is 6. The summed E-state index contributed by atoms with van der Waals surface area (Å²) in [6.07, 6.45) is -0.150. The average molecular weight is 345 g/mol. The molecule has 3 N–H and O–H groups in total. The zero-order valence-electron chi connectivity index (χ0n) is 14.0. The van der Waals surface area contributed by atoms with Crippen LogP contribution in [0.5, 0.6) is 0 Å². The molecule has 0 saturated carbocycles. The van der Waals surface area contributed by atoms with E-state index in [1.54, 1.807) is 50.2 Å². The molecule has 25 heavy (non-hydrogen) atoms. The number of carbonyl (C=O) groups is 2. The smallest absolute Gasteiger partial charge is 0.305 e. The summed E-state index contributed by atoms with van der Waals surface area (Å²) < 4.78 is 14.3. The maximum Gasteiger partial charge on any atom is 0.305 e. The summed E-state index contributed by atoms with van der Waals surface area (Å²) >= 11 is 0. The van der Waals surface area contributed by atoms with Gasteiger partial charge in [-0.15, -0.1) is 0 Å². The molecule has 1 amide bonds. The largest absolute Gasteiger partial charge is 0.481 e. The number of hydrogen-bond donors (Lipinski definition) is 3. The van der Waals surface area contributed by atoms with Gasteiger partial charge in [0, 0.05) is 17.7 Å². The van der Waals surface area contributed by atoms with Crippen molar-refractivity contribution in [3.05, 3.63) is 59.4 Å². The Kier molecular flexibility index (Phi) is 5.54. The van der Waals surface area contributed by atoms with Crippen molar-refractivity contribution in [2.75, 3.05) is 6.54 Å². The number of halogens is 1. The summed E-state index contributed by atoms with van der Waals surface area (Å²) in [7, 11) is 0. The van der Waals surface area contributed by atoms with Crippen molar-refractivity contribution >= 4 is 11.9 Å². The SMILES string of the molecule is CC(C)(O)c1ccc(-c2ccc(C(=O)NCCC(=O)O)cc2)c(F)c1. The molecule has 0 heterocycles. The molecule has 5 nitrogen and oxygen atoms in total. The minimum absolute atomic E-state index is 0.0446. The number of carboxylic acids is 1. The van der Waals surface area contributed by atoms with Gasteiger partial charge in [0.05, 0.1) is 12.0 Å². The Morgan fingerprint density at radius 2 is 1.76 bits per heavy atom. The molecule has 2 aromatic rings. The molecule has 0 spiro atoms. The number of amides is 1. The lowest BCUT2D eigenvalue weighted by molar-refractivity contribution is -0.136. The lowest BCUT2D eigenvalue weighted by atomic mass is 9.95. The van der Waals surface area contributed by atoms with Crippen molar-refractivity contribution in [1.29, 1.82) is 0 Å². The van der Waals surface area contributed by atoms with Crippen LogP contribution in [0.15, 0.2) is 42.5 Å². The van der Waals surface area contributed by atoms with Crippen LogP contribution in [0.3, 0.4) is 0 Å². The summed E-state index contributed by atoms with van der Waals surface area (Å²) in [5, 5.41) is 21.0. The molecule has 2 rings (SSSR count). The molecule has 0 radical (unpaired) electrons. The summed E-state index contributed by atoms with van der Waals surface area (Å²) in [4.78, 5) is 22.3. The lowest BCUT2D eigenvalue weighted by Crippen LogP contribution is -2.25. The van der Waals surface area contributed by atoms with E-state index in [4.69, 9.17) is 5.11 Å². The van der Waals surface area contributed by atoms with Crippen LogP contribution in [0.2, 0.25) is 0 Å². The van der Waals surface area contributed by atoms with Crippen LogP contribution in [0.4, 0.5) is 4.39 Å². The molecule has 132 valence electrons. The van der Waals surface area contributed by atoms with Crippen molar-refractivity contribution in [2.45, 2.75) is 25.9 Å². The Balaban J connectivity index is 2.14. The van der Waals surface area contributed by atoms with Gasteiger partial charge in [-0.1, -0.05) is 24.3 Å². The van der Waals surface area contributed by atoms with Gasteiger partial charge in [-0.05, 0) is 43.2 Å². The number of aliphatic carboxylic acids is 1. The number of benzene rings is 2. The van der Waals surface area contributed by atoms with Gasteiger partial charge in [-0.2, -0.15) is 0 Å². The Morgan fingerprint density at radius 3 is 2.28 bits per heavy atom. The lowest BCUT2D eigenvalue weighted by Gasteiger charge is -2.18. The number of nitrogens with one attached hydrogen (secondary N) is 1. The highest BCUT2D eigenvalue weighted by Gasteiger charge is 2.18. The van der Waals surface area contributed by atoms with Crippen LogP contribution >= 0.6 is 0 Å². The van der Waals surface area contributed by atoms with Crippen molar-refractivity contribution in [2.24, 2.45) is 0 Å². The first-order valence-electron chi connectivity index (χ1n) is 7.81. The monoisotopic (exact) mass is 345 g/mol. The van der Waals surface area contributed by atoms with Gasteiger partial charge in [-0.3, -0.25) is 9.59 Å². The highest BCUT2D eigenvalue weighted by Crippen LogP contribution is 2.28. The van der Waals surface area contributed by atoms with Crippen molar-refractivity contribution < 1.29 is 24.2 Å². The minimum Gasteiger partial charge on any atom is -0.481 e. The van der Waals surface area contributed by atoms with Crippen LogP contribution in [-0.4, -0.2) is 28.6 Å². The van der Waals surface area contributed by atoms with E-state index < -0.39 is 17.4 Å². The molecule has 0 saturated heterocycles. The Bertz CT molecular complexity index is 779. The molecule has 2 aromatic carbocycles. The first-order valence-corrected chi connectivity index (χ1v) is 7.81. The Hall–Kier alpha value is -2.73. The summed E-state index contributed by atoms with van der Waals surface area (Å²) in [5.74, 6) is -1.83. The zero-order chi connectivity index (χ0) is 18.6. The number of carboxylic acid groups (broad SMARTS) is 1. The predicted molar refractivity (Wildman–Crippen MR) is 91.7 cm³/mol. The third-order valence-corrected chi connectivity index (χ3v) is 3.76. The molecule has 0 atom stereocenters.